The standard InChI is InChI=1S/C21H25NO2/c1-18-6-8-20(9-7-18)24-21-12-10-19(11-13-21)23-17-5-16-22-14-3-2-4-15-22/h2-3,6-13H,4-5,14-17H2,1H3. The maximum Gasteiger partial charge on any atom is 0.127 e. The number of benzene rings is 2. The van der Waals surface area contributed by atoms with Crippen LogP contribution < -0.4 is 9.47 Å². The molecule has 0 unspecified atom stereocenters. The van der Waals surface area contributed by atoms with Crippen LogP contribution in [0.3, 0.4) is 0 Å². The molecule has 1 aliphatic rings. The van der Waals surface area contributed by atoms with Crippen molar-refractivity contribution in [3.8, 4) is 17.2 Å². The molecule has 0 aliphatic carbocycles. The molecule has 2 aromatic rings. The van der Waals surface area contributed by atoms with E-state index >= 15 is 0 Å². The predicted octanol–water partition coefficient (Wildman–Crippen LogP) is 4.82. The SMILES string of the molecule is Cc1ccc(Oc2ccc(OCCCN3CC=CCC3)cc2)cc1. The zero-order valence-corrected chi connectivity index (χ0v) is 14.3. The van der Waals surface area contributed by atoms with Crippen LogP contribution in [0.25, 0.3) is 0 Å². The summed E-state index contributed by atoms with van der Waals surface area (Å²) in [6.45, 7) is 6.15. The Morgan fingerprint density at radius 3 is 2.21 bits per heavy atom. The van der Waals surface area contributed by atoms with Gasteiger partial charge in [-0.05, 0) is 56.2 Å². The number of aryl methyl sites for hydroxylation is 1. The fourth-order valence-electron chi connectivity index (χ4n) is 2.72. The molecule has 1 heterocycles. The number of hydrogen-bond donors (Lipinski definition) is 0. The lowest BCUT2D eigenvalue weighted by Crippen LogP contribution is -2.29. The van der Waals surface area contributed by atoms with E-state index in [0.717, 1.165) is 43.4 Å². The molecule has 3 rings (SSSR count). The van der Waals surface area contributed by atoms with Crippen molar-refractivity contribution in [1.29, 1.82) is 0 Å². The van der Waals surface area contributed by atoms with E-state index in [0.29, 0.717) is 0 Å². The molecule has 0 fully saturated rings. The first-order chi connectivity index (χ1) is 11.8. The smallest absolute Gasteiger partial charge is 0.127 e. The molecule has 1 aliphatic heterocycles. The molecule has 3 nitrogen and oxygen atoms in total. The predicted molar refractivity (Wildman–Crippen MR) is 98.0 cm³/mol. The molecule has 126 valence electrons. The van der Waals surface area contributed by atoms with E-state index in [1.54, 1.807) is 0 Å². The van der Waals surface area contributed by atoms with Gasteiger partial charge >= 0.3 is 0 Å². The van der Waals surface area contributed by atoms with Crippen LogP contribution in [-0.2, 0) is 0 Å². The van der Waals surface area contributed by atoms with Gasteiger partial charge in [0.2, 0.25) is 0 Å². The zero-order valence-electron chi connectivity index (χ0n) is 14.3. The summed E-state index contributed by atoms with van der Waals surface area (Å²) in [6.07, 6.45) is 6.73. The number of rotatable bonds is 7. The minimum atomic E-state index is 0.748. The van der Waals surface area contributed by atoms with Gasteiger partial charge in [-0.1, -0.05) is 29.8 Å². The van der Waals surface area contributed by atoms with Crippen LogP contribution in [0.4, 0.5) is 0 Å². The van der Waals surface area contributed by atoms with Crippen LogP contribution in [0.5, 0.6) is 17.2 Å². The highest BCUT2D eigenvalue weighted by atomic mass is 16.5. The molecule has 24 heavy (non-hydrogen) atoms. The van der Waals surface area contributed by atoms with Crippen LogP contribution in [0, 0.1) is 6.92 Å². The van der Waals surface area contributed by atoms with Gasteiger partial charge < -0.3 is 9.47 Å². The van der Waals surface area contributed by atoms with Crippen LogP contribution in [0.15, 0.2) is 60.7 Å². The quantitative estimate of drug-likeness (QED) is 0.539. The Morgan fingerprint density at radius 1 is 0.875 bits per heavy atom. The van der Waals surface area contributed by atoms with Gasteiger partial charge in [-0.25, -0.2) is 0 Å². The van der Waals surface area contributed by atoms with Crippen molar-refractivity contribution in [2.75, 3.05) is 26.2 Å². The fraction of sp³-hybridized carbons (Fsp3) is 0.333. The average molecular weight is 323 g/mol. The van der Waals surface area contributed by atoms with Crippen LogP contribution in [0.1, 0.15) is 18.4 Å². The Balaban J connectivity index is 1.41. The fourth-order valence-corrected chi connectivity index (χ4v) is 2.72. The molecular weight excluding hydrogens is 298 g/mol. The van der Waals surface area contributed by atoms with E-state index in [4.69, 9.17) is 9.47 Å². The van der Waals surface area contributed by atoms with Crippen molar-refractivity contribution in [2.24, 2.45) is 0 Å². The monoisotopic (exact) mass is 323 g/mol. The summed E-state index contributed by atoms with van der Waals surface area (Å²) in [6, 6.07) is 15.9. The lowest BCUT2D eigenvalue weighted by atomic mass is 10.2. The second kappa shape index (κ2) is 8.55. The lowest BCUT2D eigenvalue weighted by molar-refractivity contribution is 0.247. The minimum Gasteiger partial charge on any atom is -0.494 e. The molecular formula is C21H25NO2. The van der Waals surface area contributed by atoms with E-state index in [-0.39, 0.29) is 0 Å². The topological polar surface area (TPSA) is 21.7 Å². The highest BCUT2D eigenvalue weighted by Crippen LogP contribution is 2.24. The van der Waals surface area contributed by atoms with E-state index in [1.807, 2.05) is 48.5 Å². The maximum atomic E-state index is 5.82. The molecule has 2 aromatic carbocycles. The molecule has 0 aromatic heterocycles. The Kier molecular flexibility index (Phi) is 5.91. The molecule has 3 heteroatoms. The Hall–Kier alpha value is -2.26. The first-order valence-corrected chi connectivity index (χ1v) is 8.64. The van der Waals surface area contributed by atoms with E-state index < -0.39 is 0 Å². The van der Waals surface area contributed by atoms with Gasteiger partial charge in [0.25, 0.3) is 0 Å². The summed E-state index contributed by atoms with van der Waals surface area (Å²) in [4.78, 5) is 2.46. The van der Waals surface area contributed by atoms with E-state index in [1.165, 1.54) is 18.5 Å². The van der Waals surface area contributed by atoms with Crippen molar-refractivity contribution in [2.45, 2.75) is 19.8 Å². The van der Waals surface area contributed by atoms with Gasteiger partial charge in [0.1, 0.15) is 17.2 Å². The Morgan fingerprint density at radius 2 is 1.54 bits per heavy atom. The first kappa shape index (κ1) is 16.6. The summed E-state index contributed by atoms with van der Waals surface area (Å²) in [5.41, 5.74) is 1.23. The maximum absolute atomic E-state index is 5.82. The summed E-state index contributed by atoms with van der Waals surface area (Å²) < 4.78 is 11.6. The summed E-state index contributed by atoms with van der Waals surface area (Å²) in [5, 5.41) is 0. The highest BCUT2D eigenvalue weighted by molar-refractivity contribution is 5.36. The first-order valence-electron chi connectivity index (χ1n) is 8.64. The van der Waals surface area contributed by atoms with Gasteiger partial charge in [0.15, 0.2) is 0 Å². The highest BCUT2D eigenvalue weighted by Gasteiger charge is 2.05. The molecule has 0 amide bonds. The van der Waals surface area contributed by atoms with Gasteiger partial charge in [-0.15, -0.1) is 0 Å². The summed E-state index contributed by atoms with van der Waals surface area (Å²) >= 11 is 0. The molecule has 0 saturated carbocycles. The molecule has 0 spiro atoms. The van der Waals surface area contributed by atoms with Gasteiger partial charge in [0, 0.05) is 19.6 Å². The second-order valence-corrected chi connectivity index (χ2v) is 6.15. The summed E-state index contributed by atoms with van der Waals surface area (Å²) in [5.74, 6) is 2.57. The Labute approximate surface area is 144 Å². The number of nitrogens with zero attached hydrogens (tertiary/aromatic N) is 1. The molecule has 0 bridgehead atoms. The van der Waals surface area contributed by atoms with Crippen molar-refractivity contribution in [3.63, 3.8) is 0 Å². The Bertz CT molecular complexity index is 647. The third-order valence-electron chi connectivity index (χ3n) is 4.11. The van der Waals surface area contributed by atoms with Crippen LogP contribution >= 0.6 is 0 Å². The van der Waals surface area contributed by atoms with Crippen molar-refractivity contribution in [1.82, 2.24) is 4.90 Å². The van der Waals surface area contributed by atoms with Gasteiger partial charge in [-0.2, -0.15) is 0 Å². The number of ether oxygens (including phenoxy) is 2. The van der Waals surface area contributed by atoms with Crippen LogP contribution in [0.2, 0.25) is 0 Å². The third kappa shape index (κ3) is 5.14. The van der Waals surface area contributed by atoms with E-state index in [2.05, 4.69) is 24.0 Å². The van der Waals surface area contributed by atoms with E-state index in [9.17, 15) is 0 Å². The van der Waals surface area contributed by atoms with Crippen LogP contribution in [-0.4, -0.2) is 31.1 Å². The molecule has 0 radical (unpaired) electrons. The van der Waals surface area contributed by atoms with Crippen molar-refractivity contribution >= 4 is 0 Å². The van der Waals surface area contributed by atoms with Crippen molar-refractivity contribution in [3.05, 3.63) is 66.2 Å². The molecule has 0 atom stereocenters. The van der Waals surface area contributed by atoms with Crippen molar-refractivity contribution < 1.29 is 9.47 Å². The normalized spacial score (nSPS) is 14.5. The number of hydrogen-bond acceptors (Lipinski definition) is 3. The zero-order chi connectivity index (χ0) is 16.6. The largest absolute Gasteiger partial charge is 0.494 e. The minimum absolute atomic E-state index is 0.748. The third-order valence-corrected chi connectivity index (χ3v) is 4.11. The molecule has 0 N–H and O–H groups in total. The second-order valence-electron chi connectivity index (χ2n) is 6.15. The lowest BCUT2D eigenvalue weighted by Gasteiger charge is -2.22. The molecule has 0 saturated heterocycles. The summed E-state index contributed by atoms with van der Waals surface area (Å²) in [7, 11) is 0. The average Bonchev–Trinajstić information content (AvgIpc) is 2.63. The van der Waals surface area contributed by atoms with Gasteiger partial charge in [-0.3, -0.25) is 4.90 Å². The van der Waals surface area contributed by atoms with Gasteiger partial charge in [0.05, 0.1) is 6.61 Å².